The van der Waals surface area contributed by atoms with E-state index in [1.54, 1.807) is 0 Å². The van der Waals surface area contributed by atoms with Gasteiger partial charge in [-0.25, -0.2) is 0 Å². The zero-order chi connectivity index (χ0) is 13.5. The van der Waals surface area contributed by atoms with Crippen LogP contribution in [0.1, 0.15) is 31.2 Å². The third kappa shape index (κ3) is 4.33. The third-order valence-corrected chi connectivity index (χ3v) is 3.44. The minimum atomic E-state index is -0.0603. The highest BCUT2D eigenvalue weighted by molar-refractivity contribution is 5.94. The summed E-state index contributed by atoms with van der Waals surface area (Å²) < 4.78 is 0. The normalized spacial score (nSPS) is 19.1. The number of piperidine rings is 1. The van der Waals surface area contributed by atoms with Gasteiger partial charge in [0.2, 0.25) is 5.91 Å². The van der Waals surface area contributed by atoms with Gasteiger partial charge in [0, 0.05) is 12.3 Å². The van der Waals surface area contributed by atoms with Crippen molar-refractivity contribution >= 4 is 11.6 Å². The Morgan fingerprint density at radius 3 is 3.05 bits per heavy atom. The Kier molecular flexibility index (Phi) is 5.36. The van der Waals surface area contributed by atoms with Gasteiger partial charge >= 0.3 is 0 Å². The molecule has 1 aromatic rings. The molecule has 0 bridgehead atoms. The van der Waals surface area contributed by atoms with Crippen LogP contribution >= 0.6 is 0 Å². The van der Waals surface area contributed by atoms with E-state index in [0.29, 0.717) is 0 Å². The van der Waals surface area contributed by atoms with E-state index in [1.165, 1.54) is 0 Å². The number of hydrogen-bond donors (Lipinski definition) is 3. The first-order valence-corrected chi connectivity index (χ1v) is 7.03. The van der Waals surface area contributed by atoms with Gasteiger partial charge in [-0.15, -0.1) is 0 Å². The van der Waals surface area contributed by atoms with Gasteiger partial charge in [0.1, 0.15) is 0 Å². The standard InChI is InChI=1S/C15H22N2O2/c18-10-4-6-12-5-3-7-13(11-12)17-15(19)14-8-1-2-9-16-14/h3,5,7,11,14,16,18H,1-2,4,6,8-10H2,(H,17,19). The summed E-state index contributed by atoms with van der Waals surface area (Å²) >= 11 is 0. The van der Waals surface area contributed by atoms with Crippen molar-refractivity contribution < 1.29 is 9.90 Å². The number of hydrogen-bond acceptors (Lipinski definition) is 3. The molecule has 4 nitrogen and oxygen atoms in total. The number of carbonyl (C=O) groups is 1. The number of carbonyl (C=O) groups excluding carboxylic acids is 1. The van der Waals surface area contributed by atoms with Crippen LogP contribution in [0.5, 0.6) is 0 Å². The van der Waals surface area contributed by atoms with Gasteiger partial charge in [-0.3, -0.25) is 4.79 Å². The Morgan fingerprint density at radius 2 is 2.32 bits per heavy atom. The van der Waals surface area contributed by atoms with Crippen molar-refractivity contribution in [3.05, 3.63) is 29.8 Å². The summed E-state index contributed by atoms with van der Waals surface area (Å²) in [6.45, 7) is 1.12. The predicted octanol–water partition coefficient (Wildman–Crippen LogP) is 1.69. The van der Waals surface area contributed by atoms with Crippen molar-refractivity contribution in [1.82, 2.24) is 5.32 Å². The molecule has 0 aromatic heterocycles. The largest absolute Gasteiger partial charge is 0.396 e. The molecular formula is C15H22N2O2. The summed E-state index contributed by atoms with van der Waals surface area (Å²) in [5.74, 6) is 0.0546. The molecule has 1 amide bonds. The smallest absolute Gasteiger partial charge is 0.241 e. The molecule has 1 aromatic carbocycles. The van der Waals surface area contributed by atoms with Crippen molar-refractivity contribution in [1.29, 1.82) is 0 Å². The molecule has 1 fully saturated rings. The molecule has 0 aliphatic carbocycles. The Balaban J connectivity index is 1.92. The maximum Gasteiger partial charge on any atom is 0.241 e. The van der Waals surface area contributed by atoms with Crippen LogP contribution in [0.4, 0.5) is 5.69 Å². The van der Waals surface area contributed by atoms with Crippen LogP contribution in [0, 0.1) is 0 Å². The minimum absolute atomic E-state index is 0.0546. The molecule has 104 valence electrons. The van der Waals surface area contributed by atoms with Crippen LogP contribution in [-0.2, 0) is 11.2 Å². The lowest BCUT2D eigenvalue weighted by molar-refractivity contribution is -0.118. The zero-order valence-corrected chi connectivity index (χ0v) is 11.2. The van der Waals surface area contributed by atoms with Gasteiger partial charge in [-0.1, -0.05) is 18.6 Å². The van der Waals surface area contributed by atoms with Crippen LogP contribution in [-0.4, -0.2) is 30.2 Å². The lowest BCUT2D eigenvalue weighted by atomic mass is 10.0. The second-order valence-corrected chi connectivity index (χ2v) is 5.02. The van der Waals surface area contributed by atoms with Crippen molar-refractivity contribution in [3.8, 4) is 0 Å². The van der Waals surface area contributed by atoms with Gasteiger partial charge < -0.3 is 15.7 Å². The Labute approximate surface area is 114 Å². The summed E-state index contributed by atoms with van der Waals surface area (Å²) in [6, 6.07) is 7.79. The summed E-state index contributed by atoms with van der Waals surface area (Å²) in [4.78, 5) is 12.1. The van der Waals surface area contributed by atoms with Crippen LogP contribution in [0.2, 0.25) is 0 Å². The molecule has 4 heteroatoms. The van der Waals surface area contributed by atoms with E-state index in [2.05, 4.69) is 10.6 Å². The van der Waals surface area contributed by atoms with Gasteiger partial charge in [0.25, 0.3) is 0 Å². The number of benzene rings is 1. The first-order chi connectivity index (χ1) is 9.29. The molecule has 1 heterocycles. The maximum absolute atomic E-state index is 12.1. The molecule has 0 radical (unpaired) electrons. The third-order valence-electron chi connectivity index (χ3n) is 3.44. The molecule has 3 N–H and O–H groups in total. The second kappa shape index (κ2) is 7.26. The quantitative estimate of drug-likeness (QED) is 0.757. The fourth-order valence-electron chi connectivity index (χ4n) is 2.39. The van der Waals surface area contributed by atoms with Crippen LogP contribution < -0.4 is 10.6 Å². The van der Waals surface area contributed by atoms with E-state index in [9.17, 15) is 4.79 Å². The number of aryl methyl sites for hydroxylation is 1. The molecule has 19 heavy (non-hydrogen) atoms. The number of anilines is 1. The first-order valence-electron chi connectivity index (χ1n) is 7.03. The van der Waals surface area contributed by atoms with Gasteiger partial charge in [0.15, 0.2) is 0 Å². The molecule has 1 atom stereocenters. The summed E-state index contributed by atoms with van der Waals surface area (Å²) in [5, 5.41) is 15.0. The fourth-order valence-corrected chi connectivity index (χ4v) is 2.39. The Hall–Kier alpha value is -1.39. The highest BCUT2D eigenvalue weighted by atomic mass is 16.2. The van der Waals surface area contributed by atoms with E-state index < -0.39 is 0 Å². The molecule has 1 aliphatic heterocycles. The van der Waals surface area contributed by atoms with Crippen molar-refractivity contribution in [2.45, 2.75) is 38.1 Å². The van der Waals surface area contributed by atoms with E-state index in [-0.39, 0.29) is 18.6 Å². The summed E-state index contributed by atoms with van der Waals surface area (Å²) in [6.07, 6.45) is 4.77. The minimum Gasteiger partial charge on any atom is -0.396 e. The molecule has 1 aliphatic rings. The molecular weight excluding hydrogens is 240 g/mol. The van der Waals surface area contributed by atoms with Crippen LogP contribution in [0.15, 0.2) is 24.3 Å². The highest BCUT2D eigenvalue weighted by Gasteiger charge is 2.20. The molecule has 2 rings (SSSR count). The SMILES string of the molecule is O=C(Nc1cccc(CCCO)c1)C1CCCCN1. The van der Waals surface area contributed by atoms with Crippen molar-refractivity contribution in [2.24, 2.45) is 0 Å². The first kappa shape index (κ1) is 14.0. The Bertz CT molecular complexity index is 414. The topological polar surface area (TPSA) is 61.4 Å². The second-order valence-electron chi connectivity index (χ2n) is 5.02. The maximum atomic E-state index is 12.1. The van der Waals surface area contributed by atoms with Gasteiger partial charge in [-0.2, -0.15) is 0 Å². The molecule has 0 saturated carbocycles. The summed E-state index contributed by atoms with van der Waals surface area (Å²) in [5.41, 5.74) is 1.98. The lowest BCUT2D eigenvalue weighted by Crippen LogP contribution is -2.43. The summed E-state index contributed by atoms with van der Waals surface area (Å²) in [7, 11) is 0. The van der Waals surface area contributed by atoms with Crippen molar-refractivity contribution in [3.63, 3.8) is 0 Å². The number of aliphatic hydroxyl groups is 1. The van der Waals surface area contributed by atoms with Crippen LogP contribution in [0.25, 0.3) is 0 Å². The van der Waals surface area contributed by atoms with E-state index in [4.69, 9.17) is 5.11 Å². The fraction of sp³-hybridized carbons (Fsp3) is 0.533. The molecule has 1 unspecified atom stereocenters. The Morgan fingerprint density at radius 1 is 1.42 bits per heavy atom. The van der Waals surface area contributed by atoms with E-state index in [1.807, 2.05) is 24.3 Å². The highest BCUT2D eigenvalue weighted by Crippen LogP contribution is 2.14. The molecule has 0 spiro atoms. The average molecular weight is 262 g/mol. The average Bonchev–Trinajstić information content (AvgIpc) is 2.46. The van der Waals surface area contributed by atoms with E-state index in [0.717, 1.165) is 49.9 Å². The number of rotatable bonds is 5. The van der Waals surface area contributed by atoms with E-state index >= 15 is 0 Å². The van der Waals surface area contributed by atoms with Crippen LogP contribution in [0.3, 0.4) is 0 Å². The zero-order valence-electron chi connectivity index (χ0n) is 11.2. The molecule has 1 saturated heterocycles. The van der Waals surface area contributed by atoms with Gasteiger partial charge in [-0.05, 0) is 49.9 Å². The number of nitrogens with one attached hydrogen (secondary N) is 2. The van der Waals surface area contributed by atoms with Crippen molar-refractivity contribution in [2.75, 3.05) is 18.5 Å². The monoisotopic (exact) mass is 262 g/mol. The lowest BCUT2D eigenvalue weighted by Gasteiger charge is -2.22. The van der Waals surface area contributed by atoms with Gasteiger partial charge in [0.05, 0.1) is 6.04 Å². The number of amides is 1. The predicted molar refractivity (Wildman–Crippen MR) is 76.1 cm³/mol. The number of aliphatic hydroxyl groups excluding tert-OH is 1.